The molecule has 0 radical (unpaired) electrons. The molecule has 27 heavy (non-hydrogen) atoms. The third-order valence-corrected chi connectivity index (χ3v) is 4.46. The minimum atomic E-state index is -0.433. The molecule has 1 N–H and O–H groups in total. The number of ketones is 1. The van der Waals surface area contributed by atoms with Gasteiger partial charge in [0.2, 0.25) is 5.78 Å². The topological polar surface area (TPSA) is 89.5 Å². The maximum absolute atomic E-state index is 13.1. The number of carbonyl (C=O) groups is 2. The molecule has 0 unspecified atom stereocenters. The fourth-order valence-corrected chi connectivity index (χ4v) is 3.29. The number of anilines is 1. The van der Waals surface area contributed by atoms with Crippen LogP contribution in [0.5, 0.6) is 0 Å². The number of hydrogen-bond donors (Lipinski definition) is 1. The van der Waals surface area contributed by atoms with Gasteiger partial charge in [-0.25, -0.2) is 0 Å². The largest absolute Gasteiger partial charge is 0.462 e. The summed E-state index contributed by atoms with van der Waals surface area (Å²) >= 11 is 0. The molecule has 0 aliphatic carbocycles. The number of aryl methyl sites for hydroxylation is 1. The maximum Gasteiger partial charge on any atom is 0.260 e. The van der Waals surface area contributed by atoms with Gasteiger partial charge in [-0.2, -0.15) is 5.10 Å². The number of Topliss-reactive ketones (excluding diaryl/α,β-unsaturated/α-hetero) is 1. The molecule has 1 aliphatic rings. The van der Waals surface area contributed by atoms with Crippen molar-refractivity contribution in [2.45, 2.75) is 32.7 Å². The molecular formula is C20H20N4O3. The predicted octanol–water partition coefficient (Wildman–Crippen LogP) is 3.48. The van der Waals surface area contributed by atoms with E-state index in [-0.39, 0.29) is 18.2 Å². The lowest BCUT2D eigenvalue weighted by atomic mass is 9.88. The van der Waals surface area contributed by atoms with E-state index in [1.54, 1.807) is 10.7 Å². The Labute approximate surface area is 156 Å². The van der Waals surface area contributed by atoms with E-state index < -0.39 is 5.41 Å². The molecule has 1 amide bonds. The highest BCUT2D eigenvalue weighted by Gasteiger charge is 2.35. The van der Waals surface area contributed by atoms with Gasteiger partial charge in [-0.05, 0) is 18.2 Å². The summed E-state index contributed by atoms with van der Waals surface area (Å²) in [6.45, 7) is 6.10. The molecule has 7 heteroatoms. The number of amides is 1. The van der Waals surface area contributed by atoms with Crippen LogP contribution in [0.4, 0.5) is 5.69 Å². The lowest BCUT2D eigenvalue weighted by Gasteiger charge is -2.17. The molecule has 0 saturated heterocycles. The van der Waals surface area contributed by atoms with Crippen molar-refractivity contribution in [1.82, 2.24) is 9.78 Å². The highest BCUT2D eigenvalue weighted by Crippen LogP contribution is 2.35. The van der Waals surface area contributed by atoms with Crippen molar-refractivity contribution in [3.05, 3.63) is 47.0 Å². The average Bonchev–Trinajstić information content (AvgIpc) is 3.14. The Morgan fingerprint density at radius 2 is 2.07 bits per heavy atom. The number of fused-ring (bicyclic) bond motifs is 2. The van der Waals surface area contributed by atoms with Gasteiger partial charge in [0, 0.05) is 29.7 Å². The molecule has 0 bridgehead atoms. The monoisotopic (exact) mass is 364 g/mol. The fourth-order valence-electron chi connectivity index (χ4n) is 3.29. The van der Waals surface area contributed by atoms with Crippen LogP contribution in [-0.4, -0.2) is 27.7 Å². The van der Waals surface area contributed by atoms with Crippen LogP contribution in [-0.2, 0) is 19.0 Å². The van der Waals surface area contributed by atoms with Crippen LogP contribution in [0.25, 0.3) is 10.9 Å². The second-order valence-corrected chi connectivity index (χ2v) is 7.72. The van der Waals surface area contributed by atoms with Gasteiger partial charge >= 0.3 is 0 Å². The zero-order chi connectivity index (χ0) is 19.3. The SMILES string of the molecule is Cn1cc2cc(NC(=O)c3c(C(C)(C)C)oc4c3C(=O)C=NC4)ccc2n1. The minimum Gasteiger partial charge on any atom is -0.462 e. The molecule has 3 heterocycles. The van der Waals surface area contributed by atoms with Crippen molar-refractivity contribution in [3.8, 4) is 0 Å². The second-order valence-electron chi connectivity index (χ2n) is 7.72. The first-order chi connectivity index (χ1) is 12.7. The highest BCUT2D eigenvalue weighted by molar-refractivity contribution is 6.38. The number of aliphatic imine (C=N–C) groups is 1. The van der Waals surface area contributed by atoms with Crippen molar-refractivity contribution in [1.29, 1.82) is 0 Å². The van der Waals surface area contributed by atoms with Crippen LogP contribution >= 0.6 is 0 Å². The van der Waals surface area contributed by atoms with Crippen molar-refractivity contribution in [2.24, 2.45) is 12.0 Å². The van der Waals surface area contributed by atoms with Gasteiger partial charge < -0.3 is 9.73 Å². The Balaban J connectivity index is 1.76. The van der Waals surface area contributed by atoms with Gasteiger partial charge in [0.25, 0.3) is 5.91 Å². The summed E-state index contributed by atoms with van der Waals surface area (Å²) in [5.41, 5.74) is 1.65. The molecule has 3 aromatic rings. The molecule has 4 rings (SSSR count). The molecule has 2 aromatic heterocycles. The van der Waals surface area contributed by atoms with Gasteiger partial charge in [0.05, 0.1) is 29.4 Å². The molecule has 138 valence electrons. The first-order valence-electron chi connectivity index (χ1n) is 8.69. The number of hydrogen-bond acceptors (Lipinski definition) is 5. The summed E-state index contributed by atoms with van der Waals surface area (Å²) in [5, 5.41) is 8.14. The summed E-state index contributed by atoms with van der Waals surface area (Å²) < 4.78 is 7.62. The Hall–Kier alpha value is -3.22. The smallest absolute Gasteiger partial charge is 0.260 e. The van der Waals surface area contributed by atoms with Gasteiger partial charge in [-0.15, -0.1) is 0 Å². The normalized spacial score (nSPS) is 13.9. The number of furan rings is 1. The molecule has 0 spiro atoms. The lowest BCUT2D eigenvalue weighted by Crippen LogP contribution is -2.22. The first kappa shape index (κ1) is 17.2. The number of aromatic nitrogens is 2. The number of rotatable bonds is 2. The lowest BCUT2D eigenvalue weighted by molar-refractivity contribution is 0.100. The molecule has 0 saturated carbocycles. The number of benzene rings is 1. The molecular weight excluding hydrogens is 344 g/mol. The molecule has 0 fully saturated rings. The van der Waals surface area contributed by atoms with Crippen LogP contribution in [0.1, 0.15) is 53.0 Å². The first-order valence-corrected chi connectivity index (χ1v) is 8.69. The maximum atomic E-state index is 13.1. The van der Waals surface area contributed by atoms with Crippen molar-refractivity contribution in [3.63, 3.8) is 0 Å². The van der Waals surface area contributed by atoms with Crippen molar-refractivity contribution >= 4 is 34.5 Å². The van der Waals surface area contributed by atoms with E-state index in [2.05, 4.69) is 15.4 Å². The van der Waals surface area contributed by atoms with Crippen LogP contribution in [0.3, 0.4) is 0 Å². The van der Waals surface area contributed by atoms with Gasteiger partial charge in [-0.3, -0.25) is 19.3 Å². The van der Waals surface area contributed by atoms with Crippen molar-refractivity contribution in [2.75, 3.05) is 5.32 Å². The Morgan fingerprint density at radius 1 is 1.30 bits per heavy atom. The summed E-state index contributed by atoms with van der Waals surface area (Å²) in [6, 6.07) is 5.49. The fraction of sp³-hybridized carbons (Fsp3) is 0.300. The number of carbonyl (C=O) groups excluding carboxylic acids is 2. The van der Waals surface area contributed by atoms with Gasteiger partial charge in [0.1, 0.15) is 11.5 Å². The van der Waals surface area contributed by atoms with Gasteiger partial charge in [0.15, 0.2) is 0 Å². The average molecular weight is 364 g/mol. The van der Waals surface area contributed by atoms with E-state index in [4.69, 9.17) is 4.42 Å². The third-order valence-electron chi connectivity index (χ3n) is 4.46. The molecule has 7 nitrogen and oxygen atoms in total. The summed E-state index contributed by atoms with van der Waals surface area (Å²) in [5.74, 6) is 0.270. The van der Waals surface area contributed by atoms with E-state index >= 15 is 0 Å². The zero-order valence-corrected chi connectivity index (χ0v) is 15.7. The minimum absolute atomic E-state index is 0.263. The van der Waals surface area contributed by atoms with E-state index in [0.717, 1.165) is 10.9 Å². The molecule has 1 aliphatic heterocycles. The number of nitrogens with zero attached hydrogens (tertiary/aromatic N) is 3. The quantitative estimate of drug-likeness (QED) is 0.754. The number of nitrogens with one attached hydrogen (secondary N) is 1. The summed E-state index contributed by atoms with van der Waals surface area (Å²) in [4.78, 5) is 29.5. The Kier molecular flexibility index (Phi) is 3.76. The van der Waals surface area contributed by atoms with Crippen LogP contribution in [0.2, 0.25) is 0 Å². The van der Waals surface area contributed by atoms with E-state index in [1.165, 1.54) is 6.21 Å². The third kappa shape index (κ3) is 2.95. The molecule has 0 atom stereocenters. The van der Waals surface area contributed by atoms with Crippen LogP contribution in [0.15, 0.2) is 33.8 Å². The Bertz CT molecular complexity index is 1110. The summed E-state index contributed by atoms with van der Waals surface area (Å²) in [7, 11) is 1.85. The standard InChI is InChI=1S/C20H20N4O3/c1-20(2,3)18-17(16-14(25)8-21-9-15(16)27-18)19(26)22-12-5-6-13-11(7-12)10-24(4)23-13/h5-8,10H,9H2,1-4H3,(H,22,26). The van der Waals surface area contributed by atoms with Gasteiger partial charge in [-0.1, -0.05) is 20.8 Å². The highest BCUT2D eigenvalue weighted by atomic mass is 16.3. The predicted molar refractivity (Wildman–Crippen MR) is 103 cm³/mol. The van der Waals surface area contributed by atoms with E-state index in [1.807, 2.05) is 46.1 Å². The Morgan fingerprint density at radius 3 is 2.81 bits per heavy atom. The van der Waals surface area contributed by atoms with Crippen molar-refractivity contribution < 1.29 is 14.0 Å². The van der Waals surface area contributed by atoms with E-state index in [9.17, 15) is 9.59 Å². The van der Waals surface area contributed by atoms with Crippen LogP contribution in [0, 0.1) is 0 Å². The van der Waals surface area contributed by atoms with Crippen LogP contribution < -0.4 is 5.32 Å². The van der Waals surface area contributed by atoms with E-state index in [0.29, 0.717) is 28.3 Å². The molecule has 1 aromatic carbocycles. The zero-order valence-electron chi connectivity index (χ0n) is 15.7. The second kappa shape index (κ2) is 5.90. The summed E-state index contributed by atoms with van der Waals surface area (Å²) in [6.07, 6.45) is 3.13.